The average molecular weight is 434 g/mol. The molecule has 0 fully saturated rings. The van der Waals surface area contributed by atoms with E-state index in [1.54, 1.807) is 42.1 Å². The maximum absolute atomic E-state index is 6.28. The molecular formula is C20H15N7OS2. The first kappa shape index (κ1) is 17.6. The van der Waals surface area contributed by atoms with Crippen LogP contribution in [0, 0.1) is 0 Å². The summed E-state index contributed by atoms with van der Waals surface area (Å²) in [7, 11) is 0. The van der Waals surface area contributed by atoms with Crippen LogP contribution in [0.5, 0.6) is 0 Å². The lowest BCUT2D eigenvalue weighted by molar-refractivity contribution is 0.574. The summed E-state index contributed by atoms with van der Waals surface area (Å²) in [6.45, 7) is 0. The van der Waals surface area contributed by atoms with Crippen molar-refractivity contribution in [3.05, 3.63) is 53.4 Å². The third kappa shape index (κ3) is 2.79. The van der Waals surface area contributed by atoms with Gasteiger partial charge in [-0.25, -0.2) is 14.6 Å². The largest absolute Gasteiger partial charge is 0.461 e. The summed E-state index contributed by atoms with van der Waals surface area (Å²) in [5, 5.41) is 11.0. The Bertz CT molecular complexity index is 1360. The van der Waals surface area contributed by atoms with Gasteiger partial charge in [0.25, 0.3) is 0 Å². The standard InChI is InChI=1S/C20H15N7OS2/c21-27-17(13-6-3-9-28-13)25-26-20(27)30-19-15-12-5-1-7-14(12)29-18(15)23-16(24-19)11-4-2-8-22-10-11/h2-4,6,8-10H,1,5,7,21H2. The molecule has 0 saturated heterocycles. The van der Waals surface area contributed by atoms with Gasteiger partial charge in [0.2, 0.25) is 11.0 Å². The fourth-order valence-electron chi connectivity index (χ4n) is 3.67. The molecule has 0 spiro atoms. The molecule has 1 aliphatic carbocycles. The second-order valence-electron chi connectivity index (χ2n) is 6.89. The van der Waals surface area contributed by atoms with Crippen molar-refractivity contribution in [3.63, 3.8) is 0 Å². The van der Waals surface area contributed by atoms with Crippen molar-refractivity contribution in [1.29, 1.82) is 0 Å². The zero-order valence-corrected chi connectivity index (χ0v) is 17.3. The summed E-state index contributed by atoms with van der Waals surface area (Å²) in [5.74, 6) is 7.96. The molecule has 148 valence electrons. The summed E-state index contributed by atoms with van der Waals surface area (Å²) in [5.41, 5.74) is 2.23. The fourth-order valence-corrected chi connectivity index (χ4v) is 5.89. The number of hydrogen-bond acceptors (Lipinski definition) is 9. The molecule has 10 heteroatoms. The molecule has 30 heavy (non-hydrogen) atoms. The van der Waals surface area contributed by atoms with Crippen molar-refractivity contribution < 1.29 is 4.42 Å². The molecule has 0 bridgehead atoms. The van der Waals surface area contributed by atoms with E-state index in [-0.39, 0.29) is 0 Å². The summed E-state index contributed by atoms with van der Waals surface area (Å²) in [6.07, 6.45) is 8.41. The van der Waals surface area contributed by atoms with Crippen LogP contribution in [0.4, 0.5) is 0 Å². The highest BCUT2D eigenvalue weighted by Gasteiger charge is 2.25. The molecule has 8 nitrogen and oxygen atoms in total. The van der Waals surface area contributed by atoms with Gasteiger partial charge in [-0.3, -0.25) is 4.98 Å². The number of nitrogen functional groups attached to an aromatic ring is 1. The lowest BCUT2D eigenvalue weighted by atomic mass is 10.2. The van der Waals surface area contributed by atoms with Crippen LogP contribution >= 0.6 is 23.1 Å². The Morgan fingerprint density at radius 1 is 1.13 bits per heavy atom. The van der Waals surface area contributed by atoms with Crippen LogP contribution < -0.4 is 5.84 Å². The van der Waals surface area contributed by atoms with E-state index in [9.17, 15) is 0 Å². The molecule has 5 heterocycles. The van der Waals surface area contributed by atoms with Gasteiger partial charge in [-0.05, 0) is 60.9 Å². The molecule has 2 N–H and O–H groups in total. The maximum Gasteiger partial charge on any atom is 0.218 e. The van der Waals surface area contributed by atoms with Gasteiger partial charge >= 0.3 is 0 Å². The number of nitrogens with zero attached hydrogens (tertiary/aromatic N) is 6. The molecule has 6 rings (SSSR count). The first-order valence-corrected chi connectivity index (χ1v) is 11.1. The average Bonchev–Trinajstić information content (AvgIpc) is 3.54. The number of furan rings is 1. The predicted octanol–water partition coefficient (Wildman–Crippen LogP) is 3.96. The Balaban J connectivity index is 1.50. The first-order chi connectivity index (χ1) is 14.8. The normalized spacial score (nSPS) is 13.2. The second kappa shape index (κ2) is 6.92. The maximum atomic E-state index is 6.28. The number of fused-ring (bicyclic) bond motifs is 3. The molecule has 0 unspecified atom stereocenters. The molecule has 5 aromatic rings. The van der Waals surface area contributed by atoms with Crippen molar-refractivity contribution in [3.8, 4) is 23.0 Å². The van der Waals surface area contributed by atoms with E-state index in [1.807, 2.05) is 12.1 Å². The van der Waals surface area contributed by atoms with Gasteiger partial charge in [0.05, 0.1) is 6.26 Å². The number of aryl methyl sites for hydroxylation is 2. The van der Waals surface area contributed by atoms with Crippen LogP contribution in [-0.4, -0.2) is 29.8 Å². The minimum absolute atomic E-state index is 0.468. The summed E-state index contributed by atoms with van der Waals surface area (Å²) >= 11 is 3.15. The van der Waals surface area contributed by atoms with Crippen LogP contribution in [0.2, 0.25) is 0 Å². The van der Waals surface area contributed by atoms with Gasteiger partial charge in [-0.1, -0.05) is 0 Å². The molecule has 0 atom stereocenters. The number of nitrogens with two attached hydrogens (primary N) is 1. The molecule has 0 saturated carbocycles. The lowest BCUT2D eigenvalue weighted by Crippen LogP contribution is -2.11. The van der Waals surface area contributed by atoms with E-state index < -0.39 is 0 Å². The van der Waals surface area contributed by atoms with Crippen molar-refractivity contribution in [2.45, 2.75) is 29.4 Å². The van der Waals surface area contributed by atoms with Gasteiger partial charge in [0, 0.05) is 28.2 Å². The Hall–Kier alpha value is -3.24. The van der Waals surface area contributed by atoms with Gasteiger partial charge in [0.1, 0.15) is 9.86 Å². The van der Waals surface area contributed by atoms with Crippen molar-refractivity contribution in [2.75, 3.05) is 5.84 Å². The fraction of sp³-hybridized carbons (Fsp3) is 0.150. The van der Waals surface area contributed by atoms with Crippen LogP contribution in [0.15, 0.2) is 57.5 Å². The third-order valence-electron chi connectivity index (χ3n) is 5.05. The van der Waals surface area contributed by atoms with E-state index in [1.165, 1.54) is 33.3 Å². The zero-order valence-electron chi connectivity index (χ0n) is 15.6. The topological polar surface area (TPSA) is 109 Å². The number of pyridine rings is 1. The zero-order chi connectivity index (χ0) is 20.1. The van der Waals surface area contributed by atoms with Gasteiger partial charge in [0.15, 0.2) is 11.6 Å². The highest BCUT2D eigenvalue weighted by atomic mass is 32.2. The number of hydrogen-bond donors (Lipinski definition) is 1. The highest BCUT2D eigenvalue weighted by Crippen LogP contribution is 2.42. The molecule has 0 aliphatic heterocycles. The molecule has 0 amide bonds. The van der Waals surface area contributed by atoms with E-state index in [0.717, 1.165) is 33.6 Å². The Morgan fingerprint density at radius 2 is 2.10 bits per heavy atom. The minimum atomic E-state index is 0.468. The predicted molar refractivity (Wildman–Crippen MR) is 115 cm³/mol. The molecule has 1 aliphatic rings. The quantitative estimate of drug-likeness (QED) is 0.335. The Kier molecular flexibility index (Phi) is 4.06. The molecule has 0 radical (unpaired) electrons. The van der Waals surface area contributed by atoms with Gasteiger partial charge in [-0.15, -0.1) is 21.5 Å². The number of aromatic nitrogens is 6. The minimum Gasteiger partial charge on any atom is -0.461 e. The first-order valence-electron chi connectivity index (χ1n) is 9.43. The van der Waals surface area contributed by atoms with Gasteiger partial charge < -0.3 is 10.3 Å². The van der Waals surface area contributed by atoms with Gasteiger partial charge in [-0.2, -0.15) is 0 Å². The van der Waals surface area contributed by atoms with Crippen molar-refractivity contribution >= 4 is 33.3 Å². The van der Waals surface area contributed by atoms with E-state index in [0.29, 0.717) is 22.6 Å². The smallest absolute Gasteiger partial charge is 0.218 e. The van der Waals surface area contributed by atoms with Crippen LogP contribution in [0.25, 0.3) is 33.2 Å². The lowest BCUT2D eigenvalue weighted by Gasteiger charge is -2.07. The second-order valence-corrected chi connectivity index (χ2v) is 8.93. The summed E-state index contributed by atoms with van der Waals surface area (Å²) in [4.78, 5) is 16.3. The van der Waals surface area contributed by atoms with E-state index >= 15 is 0 Å². The van der Waals surface area contributed by atoms with Crippen LogP contribution in [0.1, 0.15) is 16.9 Å². The molecular weight excluding hydrogens is 418 g/mol. The number of thiophene rings is 1. The van der Waals surface area contributed by atoms with Crippen molar-refractivity contribution in [1.82, 2.24) is 29.8 Å². The Labute approximate surface area is 179 Å². The monoisotopic (exact) mass is 433 g/mol. The molecule has 5 aromatic heterocycles. The van der Waals surface area contributed by atoms with Crippen LogP contribution in [0.3, 0.4) is 0 Å². The molecule has 0 aromatic carbocycles. The third-order valence-corrected chi connectivity index (χ3v) is 7.18. The van der Waals surface area contributed by atoms with E-state index in [4.69, 9.17) is 20.2 Å². The summed E-state index contributed by atoms with van der Waals surface area (Å²) < 4.78 is 6.85. The number of rotatable bonds is 4. The van der Waals surface area contributed by atoms with Crippen molar-refractivity contribution in [2.24, 2.45) is 0 Å². The SMILES string of the molecule is Nn1c(Sc2nc(-c3cccnc3)nc3sc4c(c23)CCC4)nnc1-c1ccco1. The highest BCUT2D eigenvalue weighted by molar-refractivity contribution is 7.99. The Morgan fingerprint density at radius 3 is 2.93 bits per heavy atom. The van der Waals surface area contributed by atoms with Crippen LogP contribution in [-0.2, 0) is 12.8 Å². The summed E-state index contributed by atoms with van der Waals surface area (Å²) in [6, 6.07) is 7.44. The van der Waals surface area contributed by atoms with E-state index in [2.05, 4.69) is 15.2 Å².